The fourth-order valence-electron chi connectivity index (χ4n) is 5.55. The van der Waals surface area contributed by atoms with Gasteiger partial charge in [-0.1, -0.05) is 0 Å². The summed E-state index contributed by atoms with van der Waals surface area (Å²) >= 11 is 0. The molecular weight excluding hydrogens is 539 g/mol. The van der Waals surface area contributed by atoms with Crippen LogP contribution in [0.4, 0.5) is 13.2 Å². The lowest BCUT2D eigenvalue weighted by atomic mass is 10.1. The van der Waals surface area contributed by atoms with E-state index < -0.39 is 18.1 Å². The molecule has 0 N–H and O–H groups in total. The Bertz CT molecular complexity index is 1760. The van der Waals surface area contributed by atoms with E-state index in [2.05, 4.69) is 25.1 Å². The maximum Gasteiger partial charge on any atom is 0.329 e. The number of benzene rings is 1. The molecule has 0 amide bonds. The molecule has 0 unspecified atom stereocenters. The summed E-state index contributed by atoms with van der Waals surface area (Å²) in [4.78, 5) is 24.7. The number of rotatable bonds is 7. The Hall–Kier alpha value is -4.36. The first-order valence-electron chi connectivity index (χ1n) is 13.2. The molecule has 210 valence electrons. The van der Waals surface area contributed by atoms with Crippen LogP contribution in [-0.2, 0) is 11.3 Å². The summed E-state index contributed by atoms with van der Waals surface area (Å²) in [6.07, 6.45) is 2.53. The highest BCUT2D eigenvalue weighted by Crippen LogP contribution is 2.32. The van der Waals surface area contributed by atoms with Gasteiger partial charge in [0.15, 0.2) is 0 Å². The first-order valence-corrected chi connectivity index (χ1v) is 13.2. The average molecular weight is 564 g/mol. The fraction of sp³-hybridized carbons (Fsp3) is 0.321. The monoisotopic (exact) mass is 563 g/mol. The Kier molecular flexibility index (Phi) is 6.39. The third-order valence-electron chi connectivity index (χ3n) is 7.76. The largest absolute Gasteiger partial charge is 0.415 e. The molecule has 10 nitrogen and oxygen atoms in total. The molecule has 2 aliphatic heterocycles. The molecule has 0 saturated carbocycles. The highest BCUT2D eigenvalue weighted by Gasteiger charge is 2.35. The fourth-order valence-corrected chi connectivity index (χ4v) is 5.55. The minimum atomic E-state index is -2.87. The van der Waals surface area contributed by atoms with Gasteiger partial charge in [0.05, 0.1) is 54.1 Å². The molecule has 41 heavy (non-hydrogen) atoms. The number of ether oxygens (including phenoxy) is 1. The Labute approximate surface area is 231 Å². The maximum absolute atomic E-state index is 15.5. The van der Waals surface area contributed by atoms with E-state index in [0.29, 0.717) is 59.2 Å². The van der Waals surface area contributed by atoms with Crippen molar-refractivity contribution in [2.45, 2.75) is 31.5 Å². The first kappa shape index (κ1) is 25.6. The second-order valence-electron chi connectivity index (χ2n) is 10.2. The molecule has 0 spiro atoms. The minimum Gasteiger partial charge on any atom is -0.415 e. The van der Waals surface area contributed by atoms with Gasteiger partial charge in [-0.25, -0.2) is 9.18 Å². The van der Waals surface area contributed by atoms with E-state index in [1.807, 2.05) is 0 Å². The third-order valence-corrected chi connectivity index (χ3v) is 7.76. The van der Waals surface area contributed by atoms with E-state index in [-0.39, 0.29) is 24.2 Å². The topological polar surface area (TPSA) is 104 Å². The van der Waals surface area contributed by atoms with Crippen molar-refractivity contribution < 1.29 is 22.3 Å². The molecule has 0 radical (unpaired) electrons. The quantitative estimate of drug-likeness (QED) is 0.292. The highest BCUT2D eigenvalue weighted by atomic mass is 19.3. The summed E-state index contributed by atoms with van der Waals surface area (Å²) in [7, 11) is 0. The standard InChI is InChI=1S/C28H24F3N7O3/c29-22-10-23-24(9-21(22)16-3-6-32-7-4-16)38(19-5-8-36(13-19)20-14-40-15-20)28(39)37(23)12-18-2-1-17(11-33-18)26-34-35-27(41-26)25(30)31/h1-4,6-7,9-11,19-20,25H,5,8,12-15H2/t19-/m1/s1. The number of pyridine rings is 2. The van der Waals surface area contributed by atoms with Crippen LogP contribution in [0, 0.1) is 5.82 Å². The number of alkyl halides is 2. The molecule has 1 atom stereocenters. The lowest BCUT2D eigenvalue weighted by Gasteiger charge is -2.34. The zero-order valence-electron chi connectivity index (χ0n) is 21.7. The second kappa shape index (κ2) is 10.2. The maximum atomic E-state index is 15.5. The predicted octanol–water partition coefficient (Wildman–Crippen LogP) is 4.08. The minimum absolute atomic E-state index is 0.0790. The zero-order chi connectivity index (χ0) is 28.1. The smallest absolute Gasteiger partial charge is 0.329 e. The summed E-state index contributed by atoms with van der Waals surface area (Å²) in [6.45, 7) is 3.01. The molecule has 2 aliphatic rings. The van der Waals surface area contributed by atoms with Crippen LogP contribution in [0.15, 0.2) is 64.2 Å². The molecule has 2 fully saturated rings. The summed E-state index contributed by atoms with van der Waals surface area (Å²) in [5, 5.41) is 6.98. The van der Waals surface area contributed by atoms with Crippen LogP contribution in [-0.4, -0.2) is 66.5 Å². The van der Waals surface area contributed by atoms with Crippen LogP contribution in [0.3, 0.4) is 0 Å². The number of nitrogens with zero attached hydrogens (tertiary/aromatic N) is 7. The predicted molar refractivity (Wildman–Crippen MR) is 141 cm³/mol. The van der Waals surface area contributed by atoms with Gasteiger partial charge in [-0.05, 0) is 42.3 Å². The van der Waals surface area contributed by atoms with Gasteiger partial charge < -0.3 is 9.15 Å². The third kappa shape index (κ3) is 4.60. The molecule has 0 bridgehead atoms. The van der Waals surface area contributed by atoms with Gasteiger partial charge in [0.2, 0.25) is 5.89 Å². The number of hydrogen-bond acceptors (Lipinski definition) is 8. The Morgan fingerprint density at radius 2 is 1.83 bits per heavy atom. The number of likely N-dealkylation sites (tertiary alicyclic amines) is 1. The van der Waals surface area contributed by atoms with E-state index in [9.17, 15) is 13.6 Å². The van der Waals surface area contributed by atoms with Crippen LogP contribution in [0.25, 0.3) is 33.6 Å². The summed E-state index contributed by atoms with van der Waals surface area (Å²) in [5.41, 5.74) is 2.77. The lowest BCUT2D eigenvalue weighted by Crippen LogP contribution is -2.48. The highest BCUT2D eigenvalue weighted by molar-refractivity contribution is 5.83. The van der Waals surface area contributed by atoms with Crippen LogP contribution in [0.2, 0.25) is 0 Å². The summed E-state index contributed by atoms with van der Waals surface area (Å²) in [6, 6.07) is 10.1. The Morgan fingerprint density at radius 3 is 2.51 bits per heavy atom. The van der Waals surface area contributed by atoms with E-state index in [0.717, 1.165) is 13.0 Å². The molecule has 6 heterocycles. The Balaban J connectivity index is 1.27. The van der Waals surface area contributed by atoms with Crippen molar-refractivity contribution in [3.63, 3.8) is 0 Å². The van der Waals surface area contributed by atoms with E-state index in [1.54, 1.807) is 47.3 Å². The van der Waals surface area contributed by atoms with Gasteiger partial charge in [-0.15, -0.1) is 10.2 Å². The molecule has 2 saturated heterocycles. The van der Waals surface area contributed by atoms with E-state index in [4.69, 9.17) is 9.15 Å². The van der Waals surface area contributed by atoms with Gasteiger partial charge in [0.1, 0.15) is 5.82 Å². The second-order valence-corrected chi connectivity index (χ2v) is 10.2. The van der Waals surface area contributed by atoms with Crippen LogP contribution in [0.5, 0.6) is 0 Å². The van der Waals surface area contributed by atoms with Crippen molar-refractivity contribution in [2.75, 3.05) is 26.3 Å². The Morgan fingerprint density at radius 1 is 1.00 bits per heavy atom. The number of imidazole rings is 1. The van der Waals surface area contributed by atoms with Crippen molar-refractivity contribution in [3.05, 3.63) is 82.9 Å². The van der Waals surface area contributed by atoms with Crippen molar-refractivity contribution in [1.82, 2.24) is 34.2 Å². The van der Waals surface area contributed by atoms with Crippen LogP contribution >= 0.6 is 0 Å². The molecule has 4 aromatic heterocycles. The lowest BCUT2D eigenvalue weighted by molar-refractivity contribution is -0.0578. The zero-order valence-corrected chi connectivity index (χ0v) is 21.7. The summed E-state index contributed by atoms with van der Waals surface area (Å²) < 4.78 is 54.8. The van der Waals surface area contributed by atoms with E-state index >= 15 is 4.39 Å². The van der Waals surface area contributed by atoms with E-state index in [1.165, 1.54) is 16.8 Å². The van der Waals surface area contributed by atoms with Crippen LogP contribution < -0.4 is 5.69 Å². The SMILES string of the molecule is O=c1n(Cc2ccc(-c3nnc(C(F)F)o3)cn2)c2cc(F)c(-c3ccncc3)cc2n1[C@@H]1CCN(C2COC2)C1. The molecule has 1 aromatic carbocycles. The van der Waals surface area contributed by atoms with Gasteiger partial charge in [-0.2, -0.15) is 8.78 Å². The summed E-state index contributed by atoms with van der Waals surface area (Å²) in [5.74, 6) is -1.31. The van der Waals surface area contributed by atoms with Gasteiger partial charge in [0, 0.05) is 43.3 Å². The molecular formula is C28H24F3N7O3. The van der Waals surface area contributed by atoms with Crippen LogP contribution in [0.1, 0.15) is 30.5 Å². The number of fused-ring (bicyclic) bond motifs is 1. The van der Waals surface area contributed by atoms with Crippen molar-refractivity contribution >= 4 is 11.0 Å². The number of halogens is 3. The molecule has 7 rings (SSSR count). The van der Waals surface area contributed by atoms with Gasteiger partial charge in [0.25, 0.3) is 5.89 Å². The van der Waals surface area contributed by atoms with Crippen molar-refractivity contribution in [1.29, 1.82) is 0 Å². The van der Waals surface area contributed by atoms with Gasteiger partial charge in [-0.3, -0.25) is 24.0 Å². The number of aromatic nitrogens is 6. The first-order chi connectivity index (χ1) is 20.0. The van der Waals surface area contributed by atoms with Gasteiger partial charge >= 0.3 is 12.1 Å². The number of hydrogen-bond donors (Lipinski definition) is 0. The molecule has 5 aromatic rings. The van der Waals surface area contributed by atoms with Crippen molar-refractivity contribution in [2.24, 2.45) is 0 Å². The van der Waals surface area contributed by atoms with Crippen molar-refractivity contribution in [3.8, 4) is 22.6 Å². The molecule has 0 aliphatic carbocycles. The average Bonchev–Trinajstić information content (AvgIpc) is 3.68. The molecule has 13 heteroatoms. The normalized spacial score (nSPS) is 18.0.